The summed E-state index contributed by atoms with van der Waals surface area (Å²) in [6.07, 6.45) is 1.39. The van der Waals surface area contributed by atoms with Gasteiger partial charge in [0, 0.05) is 11.4 Å². The number of hydrogen-bond donors (Lipinski definition) is 3. The molecule has 3 N–H and O–H groups in total. The third-order valence-corrected chi connectivity index (χ3v) is 4.20. The highest BCUT2D eigenvalue weighted by molar-refractivity contribution is 6.39. The Labute approximate surface area is 185 Å². The Bertz CT molecular complexity index is 1100. The van der Waals surface area contributed by atoms with Crippen LogP contribution in [0.4, 0.5) is 11.4 Å². The van der Waals surface area contributed by atoms with E-state index in [0.717, 1.165) is 5.56 Å². The zero-order valence-electron chi connectivity index (χ0n) is 17.4. The highest BCUT2D eigenvalue weighted by atomic mass is 16.5. The van der Waals surface area contributed by atoms with Crippen molar-refractivity contribution in [2.45, 2.75) is 6.92 Å². The Morgan fingerprint density at radius 3 is 2.16 bits per heavy atom. The van der Waals surface area contributed by atoms with Gasteiger partial charge >= 0.3 is 11.8 Å². The minimum atomic E-state index is -0.883. The number of carbonyl (C=O) groups is 3. The number of hydrogen-bond acceptors (Lipinski definition) is 5. The first-order chi connectivity index (χ1) is 15.5. The number of nitrogens with zero attached hydrogens (tertiary/aromatic N) is 1. The number of carbonyl (C=O) groups excluding carboxylic acids is 3. The topological polar surface area (TPSA) is 109 Å². The van der Waals surface area contributed by atoms with E-state index in [1.165, 1.54) is 6.21 Å². The normalized spacial score (nSPS) is 10.4. The lowest BCUT2D eigenvalue weighted by molar-refractivity contribution is -0.136. The van der Waals surface area contributed by atoms with Crippen LogP contribution in [0, 0.1) is 6.92 Å². The number of para-hydroxylation sites is 1. The van der Waals surface area contributed by atoms with Crippen molar-refractivity contribution in [3.63, 3.8) is 0 Å². The van der Waals surface area contributed by atoms with Crippen LogP contribution in [-0.2, 0) is 14.4 Å². The molecule has 0 aliphatic rings. The monoisotopic (exact) mass is 430 g/mol. The van der Waals surface area contributed by atoms with Gasteiger partial charge in [-0.05, 0) is 61.0 Å². The van der Waals surface area contributed by atoms with Gasteiger partial charge in [-0.2, -0.15) is 5.10 Å². The van der Waals surface area contributed by atoms with Gasteiger partial charge in [-0.3, -0.25) is 14.4 Å². The predicted molar refractivity (Wildman–Crippen MR) is 123 cm³/mol. The van der Waals surface area contributed by atoms with Crippen molar-refractivity contribution in [3.05, 3.63) is 90.0 Å². The molecule has 0 aliphatic heterocycles. The van der Waals surface area contributed by atoms with Crippen LogP contribution < -0.4 is 20.8 Å². The van der Waals surface area contributed by atoms with Crippen molar-refractivity contribution < 1.29 is 19.1 Å². The summed E-state index contributed by atoms with van der Waals surface area (Å²) in [5.41, 5.74) is 5.11. The second-order valence-corrected chi connectivity index (χ2v) is 6.79. The zero-order chi connectivity index (χ0) is 22.8. The summed E-state index contributed by atoms with van der Waals surface area (Å²) in [7, 11) is 0. The fourth-order valence-electron chi connectivity index (χ4n) is 2.56. The molecule has 0 bridgehead atoms. The van der Waals surface area contributed by atoms with Gasteiger partial charge in [0.05, 0.1) is 6.21 Å². The van der Waals surface area contributed by atoms with E-state index in [9.17, 15) is 14.4 Å². The van der Waals surface area contributed by atoms with Crippen LogP contribution >= 0.6 is 0 Å². The molecule has 0 aromatic heterocycles. The maximum absolute atomic E-state index is 11.9. The van der Waals surface area contributed by atoms with E-state index < -0.39 is 11.8 Å². The Morgan fingerprint density at radius 2 is 1.47 bits per heavy atom. The lowest BCUT2D eigenvalue weighted by Gasteiger charge is -2.07. The van der Waals surface area contributed by atoms with Crippen LogP contribution in [0.25, 0.3) is 0 Å². The molecule has 0 saturated carbocycles. The molecule has 0 unspecified atom stereocenters. The lowest BCUT2D eigenvalue weighted by Crippen LogP contribution is -2.32. The smallest absolute Gasteiger partial charge is 0.329 e. The van der Waals surface area contributed by atoms with Gasteiger partial charge in [0.2, 0.25) is 0 Å². The number of rotatable bonds is 7. The van der Waals surface area contributed by atoms with Gasteiger partial charge in [0.25, 0.3) is 5.91 Å². The number of anilines is 2. The number of amides is 3. The summed E-state index contributed by atoms with van der Waals surface area (Å²) < 4.78 is 5.45. The van der Waals surface area contributed by atoms with Crippen molar-refractivity contribution in [2.75, 3.05) is 17.2 Å². The molecule has 162 valence electrons. The minimum absolute atomic E-state index is 0.130. The molecule has 3 amide bonds. The summed E-state index contributed by atoms with van der Waals surface area (Å²) in [6, 6.07) is 22.9. The quantitative estimate of drug-likeness (QED) is 0.304. The van der Waals surface area contributed by atoms with E-state index in [-0.39, 0.29) is 12.5 Å². The second-order valence-electron chi connectivity index (χ2n) is 6.79. The van der Waals surface area contributed by atoms with E-state index in [1.807, 2.05) is 37.3 Å². The summed E-state index contributed by atoms with van der Waals surface area (Å²) in [5, 5.41) is 9.00. The molecular weight excluding hydrogens is 408 g/mol. The fourth-order valence-corrected chi connectivity index (χ4v) is 2.56. The van der Waals surface area contributed by atoms with E-state index in [2.05, 4.69) is 21.2 Å². The maximum Gasteiger partial charge on any atom is 0.329 e. The number of hydrazone groups is 1. The molecule has 0 radical (unpaired) electrons. The van der Waals surface area contributed by atoms with Crippen LogP contribution in [0.3, 0.4) is 0 Å². The summed E-state index contributed by atoms with van der Waals surface area (Å²) >= 11 is 0. The number of aryl methyl sites for hydroxylation is 1. The molecule has 32 heavy (non-hydrogen) atoms. The van der Waals surface area contributed by atoms with E-state index in [4.69, 9.17) is 4.74 Å². The largest absolute Gasteiger partial charge is 0.484 e. The van der Waals surface area contributed by atoms with Crippen LogP contribution in [0.15, 0.2) is 84.0 Å². The number of benzene rings is 3. The van der Waals surface area contributed by atoms with Gasteiger partial charge in [-0.1, -0.05) is 35.9 Å². The highest BCUT2D eigenvalue weighted by Gasteiger charge is 2.12. The van der Waals surface area contributed by atoms with E-state index >= 15 is 0 Å². The molecule has 3 aromatic rings. The van der Waals surface area contributed by atoms with Gasteiger partial charge in [0.15, 0.2) is 6.61 Å². The average Bonchev–Trinajstić information content (AvgIpc) is 2.80. The van der Waals surface area contributed by atoms with Crippen LogP contribution in [0.5, 0.6) is 5.75 Å². The summed E-state index contributed by atoms with van der Waals surface area (Å²) in [6.45, 7) is 1.79. The Hall–Kier alpha value is -4.46. The third-order valence-electron chi connectivity index (χ3n) is 4.20. The molecule has 8 nitrogen and oxygen atoms in total. The first-order valence-corrected chi connectivity index (χ1v) is 9.78. The molecule has 8 heteroatoms. The van der Waals surface area contributed by atoms with Crippen molar-refractivity contribution in [2.24, 2.45) is 5.10 Å². The van der Waals surface area contributed by atoms with Crippen molar-refractivity contribution in [1.29, 1.82) is 0 Å². The third kappa shape index (κ3) is 7.10. The fraction of sp³-hybridized carbons (Fsp3) is 0.0833. The van der Waals surface area contributed by atoms with Crippen molar-refractivity contribution in [3.8, 4) is 5.75 Å². The number of nitrogens with one attached hydrogen (secondary N) is 3. The zero-order valence-corrected chi connectivity index (χ0v) is 17.4. The molecule has 0 spiro atoms. The lowest BCUT2D eigenvalue weighted by atomic mass is 10.2. The standard InChI is InChI=1S/C24H22N4O4/c1-17-7-11-20(12-8-17)27-23(30)24(31)28-25-15-18-9-13-21(14-10-18)32-16-22(29)26-19-5-3-2-4-6-19/h2-15H,16H2,1H3,(H,26,29)(H,27,30)(H,28,31)/b25-15-. The SMILES string of the molecule is Cc1ccc(NC(=O)C(=O)N/N=C\c2ccc(OCC(=O)Nc3ccccc3)cc2)cc1. The van der Waals surface area contributed by atoms with Crippen LogP contribution in [0.1, 0.15) is 11.1 Å². The van der Waals surface area contributed by atoms with Gasteiger partial charge in [-0.25, -0.2) is 5.43 Å². The predicted octanol–water partition coefficient (Wildman–Crippen LogP) is 3.10. The Balaban J connectivity index is 1.42. The first-order valence-electron chi connectivity index (χ1n) is 9.78. The summed E-state index contributed by atoms with van der Waals surface area (Å²) in [5.74, 6) is -1.46. The van der Waals surface area contributed by atoms with E-state index in [1.54, 1.807) is 48.5 Å². The molecule has 3 aromatic carbocycles. The van der Waals surface area contributed by atoms with Gasteiger partial charge < -0.3 is 15.4 Å². The van der Waals surface area contributed by atoms with E-state index in [0.29, 0.717) is 22.7 Å². The molecule has 0 aliphatic carbocycles. The van der Waals surface area contributed by atoms with Crippen LogP contribution in [0.2, 0.25) is 0 Å². The van der Waals surface area contributed by atoms with Crippen molar-refractivity contribution in [1.82, 2.24) is 5.43 Å². The second kappa shape index (κ2) is 11.1. The molecule has 0 saturated heterocycles. The van der Waals surface area contributed by atoms with Gasteiger partial charge in [0.1, 0.15) is 5.75 Å². The van der Waals surface area contributed by atoms with Crippen molar-refractivity contribution >= 4 is 35.3 Å². The summed E-state index contributed by atoms with van der Waals surface area (Å²) in [4.78, 5) is 35.6. The molecular formula is C24H22N4O4. The maximum atomic E-state index is 11.9. The Morgan fingerprint density at radius 1 is 0.812 bits per heavy atom. The molecule has 0 atom stereocenters. The Kier molecular flexibility index (Phi) is 7.69. The number of ether oxygens (including phenoxy) is 1. The molecule has 0 fully saturated rings. The molecule has 3 rings (SSSR count). The minimum Gasteiger partial charge on any atom is -0.484 e. The van der Waals surface area contributed by atoms with Gasteiger partial charge in [-0.15, -0.1) is 0 Å². The average molecular weight is 430 g/mol. The molecule has 0 heterocycles. The first kappa shape index (κ1) is 22.2. The van der Waals surface area contributed by atoms with Crippen LogP contribution in [-0.4, -0.2) is 30.5 Å². The highest BCUT2D eigenvalue weighted by Crippen LogP contribution is 2.12.